The number of rotatable bonds is 6. The molecule has 0 saturated heterocycles. The van der Waals surface area contributed by atoms with E-state index in [4.69, 9.17) is 4.98 Å². The predicted molar refractivity (Wildman–Crippen MR) is 165 cm³/mol. The highest BCUT2D eigenvalue weighted by Gasteiger charge is 2.36. The van der Waals surface area contributed by atoms with Crippen LogP contribution in [0.2, 0.25) is 6.55 Å². The van der Waals surface area contributed by atoms with Crippen molar-refractivity contribution in [3.05, 3.63) is 121 Å². The molecule has 0 unspecified atom stereocenters. The lowest BCUT2D eigenvalue weighted by Gasteiger charge is -2.32. The molecule has 0 spiro atoms. The maximum atomic E-state index is 5.14. The maximum absolute atomic E-state index is 5.14. The number of pyridine rings is 1. The van der Waals surface area contributed by atoms with Crippen LogP contribution in [0.25, 0.3) is 31.4 Å². The third-order valence-corrected chi connectivity index (χ3v) is 13.2. The highest BCUT2D eigenvalue weighted by molar-refractivity contribution is 7.25. The van der Waals surface area contributed by atoms with Gasteiger partial charge in [0.2, 0.25) is 0 Å². The molecule has 0 aliphatic rings. The number of aromatic nitrogens is 1. The molecule has 2 aromatic heterocycles. The summed E-state index contributed by atoms with van der Waals surface area (Å²) in [7, 11) is -2.24. The average molecular weight is 514 g/mol. The van der Waals surface area contributed by atoms with Crippen molar-refractivity contribution in [2.75, 3.05) is 0 Å². The summed E-state index contributed by atoms with van der Waals surface area (Å²) in [6, 6.07) is 40.1. The zero-order chi connectivity index (χ0) is 25.4. The Balaban J connectivity index is 1.54. The Kier molecular flexibility index (Phi) is 6.27. The highest BCUT2D eigenvalue weighted by atomic mass is 32.1. The Morgan fingerprint density at radius 3 is 2.00 bits per heavy atom. The Labute approximate surface area is 224 Å². The van der Waals surface area contributed by atoms with Crippen molar-refractivity contribution in [2.24, 2.45) is 5.92 Å². The summed E-state index contributed by atoms with van der Waals surface area (Å²) in [5, 5.41) is 6.92. The van der Waals surface area contributed by atoms with Crippen molar-refractivity contribution in [3.8, 4) is 11.3 Å². The summed E-state index contributed by atoms with van der Waals surface area (Å²) < 4.78 is 2.67. The Morgan fingerprint density at radius 2 is 1.32 bits per heavy atom. The molecule has 3 heteroatoms. The molecule has 6 aromatic rings. The quantitative estimate of drug-likeness (QED) is 0.211. The fourth-order valence-corrected chi connectivity index (χ4v) is 10.5. The summed E-state index contributed by atoms with van der Waals surface area (Å²) in [4.78, 5) is 5.14. The van der Waals surface area contributed by atoms with Gasteiger partial charge in [-0.25, -0.2) is 0 Å². The number of hydrogen-bond donors (Lipinski definition) is 0. The lowest BCUT2D eigenvalue weighted by Crippen LogP contribution is -2.65. The van der Waals surface area contributed by atoms with Crippen LogP contribution in [0, 0.1) is 5.92 Å². The van der Waals surface area contributed by atoms with Gasteiger partial charge in [0.1, 0.15) is 8.07 Å². The van der Waals surface area contributed by atoms with E-state index in [1.54, 1.807) is 0 Å². The van der Waals surface area contributed by atoms with Crippen molar-refractivity contribution in [1.29, 1.82) is 0 Å². The minimum Gasteiger partial charge on any atom is -0.256 e. The summed E-state index contributed by atoms with van der Waals surface area (Å²) in [6.45, 7) is 7.12. The molecule has 0 saturated carbocycles. The van der Waals surface area contributed by atoms with E-state index in [1.807, 2.05) is 11.3 Å². The number of thiophene rings is 1. The van der Waals surface area contributed by atoms with E-state index in [0.717, 1.165) is 12.1 Å². The lowest BCUT2D eigenvalue weighted by molar-refractivity contribution is 0.649. The Bertz CT molecular complexity index is 1650. The lowest BCUT2D eigenvalue weighted by atomic mass is 10.0. The normalized spacial score (nSPS) is 12.0. The zero-order valence-electron chi connectivity index (χ0n) is 21.6. The van der Waals surface area contributed by atoms with Gasteiger partial charge in [0.25, 0.3) is 0 Å². The van der Waals surface area contributed by atoms with Gasteiger partial charge in [0.15, 0.2) is 0 Å². The van der Waals surface area contributed by atoms with Gasteiger partial charge in [-0.2, -0.15) is 0 Å². The van der Waals surface area contributed by atoms with Crippen LogP contribution in [-0.2, 0) is 6.42 Å². The maximum Gasteiger partial charge on any atom is 0.147 e. The summed E-state index contributed by atoms with van der Waals surface area (Å²) >= 11 is 1.86. The third kappa shape index (κ3) is 4.33. The van der Waals surface area contributed by atoms with E-state index in [-0.39, 0.29) is 0 Å². The highest BCUT2D eigenvalue weighted by Crippen LogP contribution is 2.36. The first kappa shape index (κ1) is 23.8. The van der Waals surface area contributed by atoms with Crippen molar-refractivity contribution in [3.63, 3.8) is 0 Å². The van der Waals surface area contributed by atoms with E-state index < -0.39 is 8.07 Å². The molecule has 0 bridgehead atoms. The average Bonchev–Trinajstić information content (AvgIpc) is 3.31. The molecule has 4 aromatic carbocycles. The molecule has 0 radical (unpaired) electrons. The first-order chi connectivity index (χ1) is 18.0. The van der Waals surface area contributed by atoms with Gasteiger partial charge in [-0.15, -0.1) is 11.3 Å². The topological polar surface area (TPSA) is 12.9 Å². The Morgan fingerprint density at radius 1 is 0.703 bits per heavy atom. The van der Waals surface area contributed by atoms with Crippen molar-refractivity contribution in [1.82, 2.24) is 4.98 Å². The molecule has 182 valence electrons. The molecular weight excluding hydrogens is 483 g/mol. The van der Waals surface area contributed by atoms with Crippen LogP contribution in [0.5, 0.6) is 0 Å². The van der Waals surface area contributed by atoms with Crippen molar-refractivity contribution >= 4 is 55.1 Å². The number of hydrogen-bond acceptors (Lipinski definition) is 2. The van der Waals surface area contributed by atoms with E-state index in [9.17, 15) is 0 Å². The van der Waals surface area contributed by atoms with Gasteiger partial charge >= 0.3 is 0 Å². The molecule has 0 amide bonds. The fraction of sp³-hybridized carbons (Fsp3) is 0.147. The molecule has 6 rings (SSSR count). The molecule has 0 atom stereocenters. The van der Waals surface area contributed by atoms with Gasteiger partial charge < -0.3 is 0 Å². The van der Waals surface area contributed by atoms with Crippen LogP contribution < -0.4 is 15.6 Å². The molecule has 2 heterocycles. The van der Waals surface area contributed by atoms with Crippen LogP contribution in [0.4, 0.5) is 0 Å². The van der Waals surface area contributed by atoms with Gasteiger partial charge in [-0.3, -0.25) is 4.98 Å². The second-order valence-electron chi connectivity index (χ2n) is 10.5. The third-order valence-electron chi connectivity index (χ3n) is 7.53. The standard InChI is InChI=1S/C34H31NSSi/c1-24(2)20-26-22-31(25-18-19-33-30(21-25)29-16-10-11-17-32(29)36-33)35-23-34(26)37(3,27-12-6-4-7-13-27)28-14-8-5-9-15-28/h4-19,21-24H,20H2,1-3H3. The van der Waals surface area contributed by atoms with E-state index in [1.165, 1.54) is 46.9 Å². The first-order valence-corrected chi connectivity index (χ1v) is 16.4. The van der Waals surface area contributed by atoms with E-state index >= 15 is 0 Å². The second kappa shape index (κ2) is 9.73. The summed E-state index contributed by atoms with van der Waals surface area (Å²) in [6.07, 6.45) is 3.24. The Hall–Kier alpha value is -3.53. The van der Waals surface area contributed by atoms with Crippen LogP contribution in [0.3, 0.4) is 0 Å². The zero-order valence-corrected chi connectivity index (χ0v) is 23.4. The minimum atomic E-state index is -2.24. The van der Waals surface area contributed by atoms with Crippen LogP contribution in [-0.4, -0.2) is 13.1 Å². The molecule has 37 heavy (non-hydrogen) atoms. The molecule has 0 fully saturated rings. The van der Waals surface area contributed by atoms with E-state index in [0.29, 0.717) is 5.92 Å². The summed E-state index contributed by atoms with van der Waals surface area (Å²) in [5.41, 5.74) is 3.68. The molecule has 0 aliphatic heterocycles. The summed E-state index contributed by atoms with van der Waals surface area (Å²) in [5.74, 6) is 0.557. The van der Waals surface area contributed by atoms with Crippen LogP contribution in [0.1, 0.15) is 19.4 Å². The van der Waals surface area contributed by atoms with Crippen molar-refractivity contribution < 1.29 is 0 Å². The fourth-order valence-electron chi connectivity index (χ4n) is 5.62. The van der Waals surface area contributed by atoms with Gasteiger partial charge in [-0.1, -0.05) is 105 Å². The van der Waals surface area contributed by atoms with Crippen LogP contribution >= 0.6 is 11.3 Å². The monoisotopic (exact) mass is 513 g/mol. The minimum absolute atomic E-state index is 0.557. The smallest absolute Gasteiger partial charge is 0.147 e. The van der Waals surface area contributed by atoms with Gasteiger partial charge in [0, 0.05) is 31.9 Å². The van der Waals surface area contributed by atoms with Crippen molar-refractivity contribution in [2.45, 2.75) is 26.8 Å². The predicted octanol–water partition coefficient (Wildman–Crippen LogP) is 7.42. The molecule has 0 N–H and O–H groups in total. The first-order valence-electron chi connectivity index (χ1n) is 13.1. The van der Waals surface area contributed by atoms with Gasteiger partial charge in [0.05, 0.1) is 5.69 Å². The van der Waals surface area contributed by atoms with Crippen LogP contribution in [0.15, 0.2) is 115 Å². The molecule has 0 aliphatic carbocycles. The molecular formula is C34H31NSSi. The van der Waals surface area contributed by atoms with Gasteiger partial charge in [-0.05, 0) is 57.7 Å². The van der Waals surface area contributed by atoms with E-state index in [2.05, 4.69) is 136 Å². The molecule has 1 nitrogen and oxygen atoms in total. The number of fused-ring (bicyclic) bond motifs is 3. The second-order valence-corrected chi connectivity index (χ2v) is 15.5. The largest absolute Gasteiger partial charge is 0.256 e. The number of nitrogens with zero attached hydrogens (tertiary/aromatic N) is 1. The number of benzene rings is 4. The SMILES string of the molecule is CC(C)Cc1cc(-c2ccc3sc4ccccc4c3c2)ncc1[Si](C)(c1ccccc1)c1ccccc1.